The van der Waals surface area contributed by atoms with Crippen molar-refractivity contribution in [3.63, 3.8) is 0 Å². The summed E-state index contributed by atoms with van der Waals surface area (Å²) in [5.41, 5.74) is 6.03. The molecule has 32 heavy (non-hydrogen) atoms. The number of anilines is 1. The second-order valence-corrected chi connectivity index (χ2v) is 9.10. The third-order valence-corrected chi connectivity index (χ3v) is 7.15. The summed E-state index contributed by atoms with van der Waals surface area (Å²) >= 11 is 0. The van der Waals surface area contributed by atoms with Crippen molar-refractivity contribution in [2.24, 2.45) is 11.7 Å². The van der Waals surface area contributed by atoms with Crippen LogP contribution in [0.15, 0.2) is 23.0 Å². The van der Waals surface area contributed by atoms with E-state index >= 15 is 0 Å². The number of nitrogens with two attached hydrogens (primary N) is 1. The van der Waals surface area contributed by atoms with Gasteiger partial charge in [0, 0.05) is 12.5 Å². The number of primary amides is 1. The molecule has 3 unspecified atom stereocenters. The lowest BCUT2D eigenvalue weighted by atomic mass is 9.77. The minimum absolute atomic E-state index is 0.0273. The van der Waals surface area contributed by atoms with E-state index < -0.39 is 0 Å². The van der Waals surface area contributed by atoms with Gasteiger partial charge in [-0.05, 0) is 56.3 Å². The molecule has 9 heteroatoms. The summed E-state index contributed by atoms with van der Waals surface area (Å²) in [5.74, 6) is 0.925. The lowest BCUT2D eigenvalue weighted by molar-refractivity contribution is -0.126. The molecule has 0 bridgehead atoms. The highest BCUT2D eigenvalue weighted by Gasteiger charge is 2.38. The van der Waals surface area contributed by atoms with Gasteiger partial charge in [-0.2, -0.15) is 0 Å². The predicted octanol–water partition coefficient (Wildman–Crippen LogP) is 1.63. The fourth-order valence-corrected chi connectivity index (χ4v) is 5.65. The Morgan fingerprint density at radius 2 is 2.03 bits per heavy atom. The van der Waals surface area contributed by atoms with Crippen molar-refractivity contribution >= 4 is 28.7 Å². The van der Waals surface area contributed by atoms with Gasteiger partial charge in [0.2, 0.25) is 17.8 Å². The number of carbonyl (C=O) groups is 2. The Kier molecular flexibility index (Phi) is 5.58. The number of amides is 2. The fraction of sp³-hybridized carbons (Fsp3) is 0.565. The molecular weight excluding hydrogens is 410 g/mol. The van der Waals surface area contributed by atoms with E-state index in [2.05, 4.69) is 15.2 Å². The van der Waals surface area contributed by atoms with Gasteiger partial charge < -0.3 is 10.5 Å². The molecule has 1 aromatic carbocycles. The number of piperidine rings is 1. The van der Waals surface area contributed by atoms with E-state index in [4.69, 9.17) is 10.5 Å². The number of rotatable bonds is 6. The average molecular weight is 440 g/mol. The van der Waals surface area contributed by atoms with Crippen molar-refractivity contribution in [3.05, 3.63) is 28.6 Å². The fourth-order valence-electron chi connectivity index (χ4n) is 5.65. The van der Waals surface area contributed by atoms with Crippen LogP contribution in [0.3, 0.4) is 0 Å². The highest BCUT2D eigenvalue weighted by atomic mass is 16.5. The first-order chi connectivity index (χ1) is 15.5. The normalized spacial score (nSPS) is 23.9. The van der Waals surface area contributed by atoms with Crippen molar-refractivity contribution < 1.29 is 14.3 Å². The number of ether oxygens (including phenoxy) is 1. The average Bonchev–Trinajstić information content (AvgIpc) is 3.17. The standard InChI is InChI=1S/C23H29N5O4/c24-21(30)19(27-10-3-5-14-4-1-2-6-18(14)27)9-11-32-15-7-8-17-16(12-15)22(31)28-13-20(29)26-23(28)25-17/h7-8,12,14,18-19H,1-6,9-11,13H2,(H2,24,30)(H,25,26,29). The van der Waals surface area contributed by atoms with E-state index in [-0.39, 0.29) is 35.9 Å². The summed E-state index contributed by atoms with van der Waals surface area (Å²) in [6.07, 6.45) is 7.74. The quantitative estimate of drug-likeness (QED) is 0.706. The van der Waals surface area contributed by atoms with Crippen LogP contribution in [0.5, 0.6) is 5.75 Å². The molecule has 2 aliphatic heterocycles. The third-order valence-electron chi connectivity index (χ3n) is 7.15. The number of nitrogens with one attached hydrogen (secondary N) is 1. The molecule has 170 valence electrons. The minimum Gasteiger partial charge on any atom is -0.493 e. The number of hydrogen-bond donors (Lipinski definition) is 2. The minimum atomic E-state index is -0.339. The van der Waals surface area contributed by atoms with Crippen molar-refractivity contribution in [1.29, 1.82) is 0 Å². The Morgan fingerprint density at radius 1 is 1.22 bits per heavy atom. The second-order valence-electron chi connectivity index (χ2n) is 9.10. The van der Waals surface area contributed by atoms with Gasteiger partial charge in [0.1, 0.15) is 12.3 Å². The number of hydrogen-bond acceptors (Lipinski definition) is 6. The summed E-state index contributed by atoms with van der Waals surface area (Å²) in [5, 5.41) is 2.98. The van der Waals surface area contributed by atoms with Crippen LogP contribution in [0.25, 0.3) is 10.9 Å². The molecule has 3 heterocycles. The third kappa shape index (κ3) is 3.85. The maximum atomic E-state index is 12.7. The number of carbonyl (C=O) groups excluding carboxylic acids is 2. The van der Waals surface area contributed by atoms with Crippen molar-refractivity contribution in [2.75, 3.05) is 18.5 Å². The number of likely N-dealkylation sites (tertiary alicyclic amines) is 1. The molecule has 3 N–H and O–H groups in total. The molecule has 1 aliphatic carbocycles. The van der Waals surface area contributed by atoms with E-state index in [0.29, 0.717) is 41.6 Å². The summed E-state index contributed by atoms with van der Waals surface area (Å²) in [6.45, 7) is 1.21. The molecular formula is C23H29N5O4. The molecule has 1 saturated heterocycles. The van der Waals surface area contributed by atoms with Crippen LogP contribution in [0.4, 0.5) is 5.95 Å². The molecule has 0 spiro atoms. The van der Waals surface area contributed by atoms with Gasteiger partial charge in [0.25, 0.3) is 5.56 Å². The van der Waals surface area contributed by atoms with Crippen LogP contribution in [0, 0.1) is 5.92 Å². The topological polar surface area (TPSA) is 120 Å². The van der Waals surface area contributed by atoms with Crippen LogP contribution >= 0.6 is 0 Å². The SMILES string of the molecule is NC(=O)C(CCOc1ccc2nc3n(c(=O)c2c1)CC(=O)N3)N1CCCC2CCCCC21. The van der Waals surface area contributed by atoms with Gasteiger partial charge in [0.05, 0.1) is 23.6 Å². The first kappa shape index (κ1) is 20.9. The molecule has 2 amide bonds. The summed E-state index contributed by atoms with van der Waals surface area (Å²) in [6, 6.07) is 5.22. The van der Waals surface area contributed by atoms with Gasteiger partial charge >= 0.3 is 0 Å². The van der Waals surface area contributed by atoms with E-state index in [1.165, 1.54) is 30.3 Å². The van der Waals surface area contributed by atoms with Crippen LogP contribution in [0.1, 0.15) is 44.9 Å². The van der Waals surface area contributed by atoms with E-state index in [1.807, 2.05) is 0 Å². The summed E-state index contributed by atoms with van der Waals surface area (Å²) in [7, 11) is 0. The molecule has 1 saturated carbocycles. The first-order valence-corrected chi connectivity index (χ1v) is 11.5. The van der Waals surface area contributed by atoms with Crippen LogP contribution < -0.4 is 21.3 Å². The monoisotopic (exact) mass is 439 g/mol. The maximum Gasteiger partial charge on any atom is 0.263 e. The van der Waals surface area contributed by atoms with Crippen molar-refractivity contribution in [3.8, 4) is 5.75 Å². The summed E-state index contributed by atoms with van der Waals surface area (Å²) < 4.78 is 7.25. The van der Waals surface area contributed by atoms with E-state index in [1.54, 1.807) is 18.2 Å². The molecule has 1 aromatic heterocycles. The zero-order valence-electron chi connectivity index (χ0n) is 18.1. The van der Waals surface area contributed by atoms with E-state index in [0.717, 1.165) is 19.4 Å². The Morgan fingerprint density at radius 3 is 2.88 bits per heavy atom. The van der Waals surface area contributed by atoms with Gasteiger partial charge in [0.15, 0.2) is 0 Å². The van der Waals surface area contributed by atoms with Gasteiger partial charge in [-0.3, -0.25) is 29.2 Å². The molecule has 9 nitrogen and oxygen atoms in total. The Hall–Kier alpha value is -2.94. The number of nitrogens with zero attached hydrogens (tertiary/aromatic N) is 3. The van der Waals surface area contributed by atoms with Crippen LogP contribution in [0.2, 0.25) is 0 Å². The molecule has 2 aromatic rings. The number of fused-ring (bicyclic) bond motifs is 3. The van der Waals surface area contributed by atoms with Gasteiger partial charge in [-0.1, -0.05) is 12.8 Å². The Balaban J connectivity index is 1.29. The second kappa shape index (κ2) is 8.54. The van der Waals surface area contributed by atoms with Gasteiger partial charge in [-0.15, -0.1) is 0 Å². The molecule has 3 aliphatic rings. The van der Waals surface area contributed by atoms with Gasteiger partial charge in [-0.25, -0.2) is 4.98 Å². The highest BCUT2D eigenvalue weighted by molar-refractivity contribution is 5.94. The van der Waals surface area contributed by atoms with Crippen LogP contribution in [-0.2, 0) is 16.1 Å². The lowest BCUT2D eigenvalue weighted by Gasteiger charge is -2.46. The highest BCUT2D eigenvalue weighted by Crippen LogP contribution is 2.36. The van der Waals surface area contributed by atoms with Crippen LogP contribution in [-0.4, -0.2) is 51.5 Å². The number of benzene rings is 1. The smallest absolute Gasteiger partial charge is 0.263 e. The summed E-state index contributed by atoms with van der Waals surface area (Å²) in [4.78, 5) is 43.3. The Bertz CT molecular complexity index is 1110. The largest absolute Gasteiger partial charge is 0.493 e. The van der Waals surface area contributed by atoms with Crippen molar-refractivity contribution in [2.45, 2.75) is 63.6 Å². The zero-order valence-corrected chi connectivity index (χ0v) is 18.1. The molecule has 2 fully saturated rings. The number of aromatic nitrogens is 2. The molecule has 0 radical (unpaired) electrons. The first-order valence-electron chi connectivity index (χ1n) is 11.5. The lowest BCUT2D eigenvalue weighted by Crippen LogP contribution is -2.56. The predicted molar refractivity (Wildman–Crippen MR) is 119 cm³/mol. The Labute approximate surface area is 185 Å². The zero-order chi connectivity index (χ0) is 22.2. The van der Waals surface area contributed by atoms with E-state index in [9.17, 15) is 14.4 Å². The molecule has 5 rings (SSSR count). The van der Waals surface area contributed by atoms with Crippen molar-refractivity contribution in [1.82, 2.24) is 14.5 Å². The maximum absolute atomic E-state index is 12.7. The molecule has 3 atom stereocenters.